The van der Waals surface area contributed by atoms with E-state index in [0.717, 1.165) is 58.5 Å². The van der Waals surface area contributed by atoms with Gasteiger partial charge in [0.05, 0.1) is 0 Å². The summed E-state index contributed by atoms with van der Waals surface area (Å²) in [6, 6.07) is 19.6. The molecule has 0 saturated carbocycles. The predicted octanol–water partition coefficient (Wildman–Crippen LogP) is 4.19. The lowest BCUT2D eigenvalue weighted by Gasteiger charge is -2.40. The van der Waals surface area contributed by atoms with Crippen LogP contribution in [0.3, 0.4) is 0 Å². The van der Waals surface area contributed by atoms with Crippen LogP contribution >= 0.6 is 0 Å². The number of anilines is 1. The average Bonchev–Trinajstić information content (AvgIpc) is 2.75. The molecule has 0 unspecified atom stereocenters. The van der Waals surface area contributed by atoms with Gasteiger partial charge in [-0.15, -0.1) is 0 Å². The Morgan fingerprint density at radius 3 is 2.21 bits per heavy atom. The highest BCUT2D eigenvalue weighted by molar-refractivity contribution is 5.75. The van der Waals surface area contributed by atoms with Crippen molar-refractivity contribution in [1.82, 2.24) is 9.80 Å². The molecule has 4 heteroatoms. The van der Waals surface area contributed by atoms with Crippen molar-refractivity contribution in [3.63, 3.8) is 0 Å². The van der Waals surface area contributed by atoms with Crippen LogP contribution < -0.4 is 4.90 Å². The number of urea groups is 1. The Morgan fingerprint density at radius 2 is 1.54 bits per heavy atom. The zero-order chi connectivity index (χ0) is 19.3. The monoisotopic (exact) mass is 377 g/mol. The van der Waals surface area contributed by atoms with Crippen molar-refractivity contribution < 1.29 is 4.79 Å². The molecule has 148 valence electrons. The van der Waals surface area contributed by atoms with E-state index >= 15 is 0 Å². The average molecular weight is 378 g/mol. The standard InChI is InChI=1S/C24H31N3O/c1-20-6-5-9-23(18-20)25-14-16-27(17-15-25)24(28)26-12-10-22(11-13-26)19-21-7-3-2-4-8-21/h2-9,18,22H,10-17,19H2,1H3. The smallest absolute Gasteiger partial charge is 0.320 e. The lowest BCUT2D eigenvalue weighted by molar-refractivity contribution is 0.130. The number of carbonyl (C=O) groups excluding carboxylic acids is 1. The zero-order valence-corrected chi connectivity index (χ0v) is 16.9. The Balaban J connectivity index is 1.25. The number of piperidine rings is 1. The number of carbonyl (C=O) groups is 1. The maximum absolute atomic E-state index is 12.9. The van der Waals surface area contributed by atoms with E-state index in [4.69, 9.17) is 0 Å². The first kappa shape index (κ1) is 18.9. The summed E-state index contributed by atoms with van der Waals surface area (Å²) < 4.78 is 0. The number of amides is 2. The van der Waals surface area contributed by atoms with Crippen LogP contribution in [-0.2, 0) is 6.42 Å². The molecule has 0 bridgehead atoms. The van der Waals surface area contributed by atoms with E-state index in [2.05, 4.69) is 71.3 Å². The zero-order valence-electron chi connectivity index (χ0n) is 16.9. The second kappa shape index (κ2) is 8.68. The van der Waals surface area contributed by atoms with Crippen molar-refractivity contribution >= 4 is 11.7 Å². The van der Waals surface area contributed by atoms with Crippen LogP contribution in [0.1, 0.15) is 24.0 Å². The third kappa shape index (κ3) is 4.49. The minimum Gasteiger partial charge on any atom is -0.368 e. The number of nitrogens with zero attached hydrogens (tertiary/aromatic N) is 3. The fourth-order valence-electron chi connectivity index (χ4n) is 4.46. The Kier molecular flexibility index (Phi) is 5.84. The molecule has 2 aromatic rings. The fourth-order valence-corrected chi connectivity index (χ4v) is 4.46. The first-order chi connectivity index (χ1) is 13.7. The first-order valence-corrected chi connectivity index (χ1v) is 10.6. The number of piperazine rings is 1. The molecule has 2 heterocycles. The quantitative estimate of drug-likeness (QED) is 0.802. The Bertz CT molecular complexity index is 775. The lowest BCUT2D eigenvalue weighted by atomic mass is 9.90. The summed E-state index contributed by atoms with van der Waals surface area (Å²) in [5.41, 5.74) is 3.97. The number of hydrogen-bond acceptors (Lipinski definition) is 2. The number of rotatable bonds is 3. The van der Waals surface area contributed by atoms with Crippen LogP contribution in [0.5, 0.6) is 0 Å². The maximum atomic E-state index is 12.9. The van der Waals surface area contributed by atoms with Gasteiger partial charge in [-0.25, -0.2) is 4.79 Å². The van der Waals surface area contributed by atoms with Crippen LogP contribution in [0, 0.1) is 12.8 Å². The second-order valence-electron chi connectivity index (χ2n) is 8.22. The summed E-state index contributed by atoms with van der Waals surface area (Å²) in [7, 11) is 0. The summed E-state index contributed by atoms with van der Waals surface area (Å²) in [4.78, 5) is 19.5. The Hall–Kier alpha value is -2.49. The molecular formula is C24H31N3O. The Morgan fingerprint density at radius 1 is 0.857 bits per heavy atom. The molecule has 2 aliphatic rings. The van der Waals surface area contributed by atoms with E-state index in [1.165, 1.54) is 16.8 Å². The summed E-state index contributed by atoms with van der Waals surface area (Å²) in [5.74, 6) is 0.699. The number of aryl methyl sites for hydroxylation is 1. The molecule has 0 aromatic heterocycles. The van der Waals surface area contributed by atoms with E-state index in [1.54, 1.807) is 0 Å². The highest BCUT2D eigenvalue weighted by atomic mass is 16.2. The van der Waals surface area contributed by atoms with Crippen LogP contribution in [0.2, 0.25) is 0 Å². The molecule has 0 radical (unpaired) electrons. The summed E-state index contributed by atoms with van der Waals surface area (Å²) >= 11 is 0. The summed E-state index contributed by atoms with van der Waals surface area (Å²) in [5, 5.41) is 0. The molecule has 2 amide bonds. The van der Waals surface area contributed by atoms with Gasteiger partial charge in [0.2, 0.25) is 0 Å². The summed E-state index contributed by atoms with van der Waals surface area (Å²) in [6.07, 6.45) is 3.37. The number of likely N-dealkylation sites (tertiary alicyclic amines) is 1. The molecule has 28 heavy (non-hydrogen) atoms. The maximum Gasteiger partial charge on any atom is 0.320 e. The van der Waals surface area contributed by atoms with E-state index in [1.807, 2.05) is 4.90 Å². The van der Waals surface area contributed by atoms with Gasteiger partial charge in [-0.2, -0.15) is 0 Å². The molecule has 0 aliphatic carbocycles. The van der Waals surface area contributed by atoms with Crippen LogP contribution in [0.4, 0.5) is 10.5 Å². The SMILES string of the molecule is Cc1cccc(N2CCN(C(=O)N3CCC(Cc4ccccc4)CC3)CC2)c1. The van der Waals surface area contributed by atoms with Crippen molar-refractivity contribution in [3.8, 4) is 0 Å². The predicted molar refractivity (Wildman–Crippen MR) is 115 cm³/mol. The second-order valence-corrected chi connectivity index (χ2v) is 8.22. The van der Waals surface area contributed by atoms with Crippen LogP contribution in [0.25, 0.3) is 0 Å². The number of hydrogen-bond donors (Lipinski definition) is 0. The topological polar surface area (TPSA) is 26.8 Å². The molecule has 2 fully saturated rings. The minimum atomic E-state index is 0.238. The highest BCUT2D eigenvalue weighted by Crippen LogP contribution is 2.23. The van der Waals surface area contributed by atoms with Crippen molar-refractivity contribution in [3.05, 3.63) is 65.7 Å². The molecule has 2 aromatic carbocycles. The van der Waals surface area contributed by atoms with Gasteiger partial charge in [0.15, 0.2) is 0 Å². The molecule has 4 nitrogen and oxygen atoms in total. The molecule has 4 rings (SSSR count). The molecule has 0 N–H and O–H groups in total. The normalized spacial score (nSPS) is 18.4. The van der Waals surface area contributed by atoms with Crippen molar-refractivity contribution in [2.75, 3.05) is 44.2 Å². The van der Waals surface area contributed by atoms with Crippen LogP contribution in [-0.4, -0.2) is 55.1 Å². The summed E-state index contributed by atoms with van der Waals surface area (Å²) in [6.45, 7) is 7.39. The third-order valence-electron chi connectivity index (χ3n) is 6.17. The van der Waals surface area contributed by atoms with Gasteiger partial charge >= 0.3 is 6.03 Å². The lowest BCUT2D eigenvalue weighted by Crippen LogP contribution is -2.54. The van der Waals surface area contributed by atoms with Crippen LogP contribution in [0.15, 0.2) is 54.6 Å². The van der Waals surface area contributed by atoms with Gasteiger partial charge in [0.25, 0.3) is 0 Å². The molecular weight excluding hydrogens is 346 g/mol. The van der Waals surface area contributed by atoms with Gasteiger partial charge < -0.3 is 14.7 Å². The largest absolute Gasteiger partial charge is 0.368 e. The van der Waals surface area contributed by atoms with E-state index in [-0.39, 0.29) is 6.03 Å². The van der Waals surface area contributed by atoms with Gasteiger partial charge in [-0.3, -0.25) is 0 Å². The molecule has 2 aliphatic heterocycles. The minimum absolute atomic E-state index is 0.238. The van der Waals surface area contributed by atoms with E-state index < -0.39 is 0 Å². The molecule has 0 spiro atoms. The van der Waals surface area contributed by atoms with E-state index in [0.29, 0.717) is 5.92 Å². The van der Waals surface area contributed by atoms with Crippen molar-refractivity contribution in [2.45, 2.75) is 26.2 Å². The third-order valence-corrected chi connectivity index (χ3v) is 6.17. The van der Waals surface area contributed by atoms with Crippen molar-refractivity contribution in [2.24, 2.45) is 5.92 Å². The molecule has 2 saturated heterocycles. The number of benzene rings is 2. The molecule has 0 atom stereocenters. The highest BCUT2D eigenvalue weighted by Gasteiger charge is 2.28. The van der Waals surface area contributed by atoms with Gasteiger partial charge in [-0.1, -0.05) is 42.5 Å². The fraction of sp³-hybridized carbons (Fsp3) is 0.458. The van der Waals surface area contributed by atoms with Crippen molar-refractivity contribution in [1.29, 1.82) is 0 Å². The van der Waals surface area contributed by atoms with Gasteiger partial charge in [-0.05, 0) is 55.4 Å². The van der Waals surface area contributed by atoms with E-state index in [9.17, 15) is 4.79 Å². The Labute approximate surface area is 168 Å². The van der Waals surface area contributed by atoms with Gasteiger partial charge in [0.1, 0.15) is 0 Å². The first-order valence-electron chi connectivity index (χ1n) is 10.6. The van der Waals surface area contributed by atoms with Gasteiger partial charge in [0, 0.05) is 45.0 Å².